The molecule has 5 heterocycles. The van der Waals surface area contributed by atoms with Crippen molar-refractivity contribution < 1.29 is 13.6 Å². The molecule has 4 aliphatic heterocycles. The van der Waals surface area contributed by atoms with Crippen LogP contribution in [0, 0.1) is 11.6 Å². The number of anilines is 3. The monoisotopic (exact) mass is 563 g/mol. The lowest BCUT2D eigenvalue weighted by molar-refractivity contribution is -0.120. The molecule has 208 valence electrons. The zero-order valence-electron chi connectivity index (χ0n) is 22.3. The van der Waals surface area contributed by atoms with Gasteiger partial charge in [0.1, 0.15) is 24.0 Å². The Kier molecular flexibility index (Phi) is 5.93. The maximum Gasteiger partial charge on any atom is 0.258 e. The second kappa shape index (κ2) is 9.81. The van der Waals surface area contributed by atoms with E-state index in [0.29, 0.717) is 56.7 Å². The molecule has 1 amide bonds. The van der Waals surface area contributed by atoms with Crippen molar-refractivity contribution in [2.24, 2.45) is 0 Å². The molecule has 9 nitrogen and oxygen atoms in total. The molecular formula is C31H23F2N7O2. The first kappa shape index (κ1) is 25.4. The number of hydrogen-bond donors (Lipinski definition) is 2. The second-order valence-electron chi connectivity index (χ2n) is 10.0. The number of fused-ring (bicyclic) bond motifs is 2. The number of nitrogens with zero attached hydrogens (tertiary/aromatic N) is 5. The van der Waals surface area contributed by atoms with Gasteiger partial charge >= 0.3 is 0 Å². The third-order valence-corrected chi connectivity index (χ3v) is 7.38. The fourth-order valence-corrected chi connectivity index (χ4v) is 5.44. The molecule has 4 aliphatic rings. The predicted molar refractivity (Wildman–Crippen MR) is 155 cm³/mol. The first-order valence-electron chi connectivity index (χ1n) is 13.2. The number of nitrogens with one attached hydrogen (secondary N) is 2. The number of H-pyrrole nitrogens is 1. The first-order valence-corrected chi connectivity index (χ1v) is 13.2. The van der Waals surface area contributed by atoms with Crippen LogP contribution in [0.5, 0.6) is 0 Å². The summed E-state index contributed by atoms with van der Waals surface area (Å²) in [7, 11) is 1.82. The van der Waals surface area contributed by atoms with E-state index < -0.39 is 5.82 Å². The number of carbonyl (C=O) groups excluding carboxylic acids is 1. The van der Waals surface area contributed by atoms with Crippen LogP contribution in [-0.4, -0.2) is 39.2 Å². The Labute approximate surface area is 237 Å². The van der Waals surface area contributed by atoms with Gasteiger partial charge in [-0.3, -0.25) is 14.3 Å². The van der Waals surface area contributed by atoms with Gasteiger partial charge in [0.2, 0.25) is 5.91 Å². The summed E-state index contributed by atoms with van der Waals surface area (Å²) >= 11 is 0. The van der Waals surface area contributed by atoms with Gasteiger partial charge in [0.25, 0.3) is 5.56 Å². The predicted octanol–water partition coefficient (Wildman–Crippen LogP) is 2.84. The molecule has 0 saturated heterocycles. The van der Waals surface area contributed by atoms with E-state index in [9.17, 15) is 18.4 Å². The van der Waals surface area contributed by atoms with Crippen molar-refractivity contribution in [3.8, 4) is 22.4 Å². The van der Waals surface area contributed by atoms with Crippen LogP contribution < -0.4 is 31.2 Å². The Morgan fingerprint density at radius 1 is 1.07 bits per heavy atom. The number of carbonyl (C=O) groups is 1. The summed E-state index contributed by atoms with van der Waals surface area (Å²) in [4.78, 5) is 37.9. The third-order valence-electron chi connectivity index (χ3n) is 7.38. The topological polar surface area (TPSA) is 99.1 Å². The van der Waals surface area contributed by atoms with Gasteiger partial charge in [-0.2, -0.15) is 5.10 Å². The molecule has 2 aromatic carbocycles. The van der Waals surface area contributed by atoms with Crippen LogP contribution in [0.2, 0.25) is 0 Å². The number of aromatic nitrogens is 4. The Bertz CT molecular complexity index is 2060. The van der Waals surface area contributed by atoms with E-state index in [1.807, 2.05) is 22.9 Å². The Morgan fingerprint density at radius 3 is 2.69 bits per heavy atom. The van der Waals surface area contributed by atoms with Crippen LogP contribution in [0.15, 0.2) is 84.1 Å². The van der Waals surface area contributed by atoms with Gasteiger partial charge in [-0.25, -0.2) is 13.8 Å². The lowest BCUT2D eigenvalue weighted by Crippen LogP contribution is -2.34. The molecule has 0 atom stereocenters. The first-order chi connectivity index (χ1) is 20.4. The van der Waals surface area contributed by atoms with Crippen molar-refractivity contribution in [3.05, 3.63) is 112 Å². The zero-order chi connectivity index (χ0) is 29.0. The smallest absolute Gasteiger partial charge is 0.258 e. The number of aromatic amines is 1. The lowest BCUT2D eigenvalue weighted by atomic mass is 10.0. The fourth-order valence-electron chi connectivity index (χ4n) is 5.44. The maximum atomic E-state index is 14.2. The molecule has 0 fully saturated rings. The van der Waals surface area contributed by atoms with Crippen LogP contribution in [0.1, 0.15) is 0 Å². The van der Waals surface area contributed by atoms with E-state index in [-0.39, 0.29) is 23.8 Å². The molecule has 2 N–H and O–H groups in total. The van der Waals surface area contributed by atoms with Crippen molar-refractivity contribution in [3.63, 3.8) is 0 Å². The Balaban J connectivity index is 1.28. The summed E-state index contributed by atoms with van der Waals surface area (Å²) < 4.78 is 29.3. The SMILES string of the molecule is CN1C=CC(NC(=O)Cn2ccc(-c3ccccc3F)n2)=c2cnc3c4c([nH]c(=O)c-4c21)=CCN3c1ccc(F)cc1. The second-order valence-corrected chi connectivity index (χ2v) is 10.0. The average Bonchev–Trinajstić information content (AvgIpc) is 3.51. The van der Waals surface area contributed by atoms with E-state index in [2.05, 4.69) is 15.4 Å². The van der Waals surface area contributed by atoms with Crippen LogP contribution >= 0.6 is 0 Å². The molecule has 0 saturated carbocycles. The maximum absolute atomic E-state index is 14.2. The number of rotatable bonds is 5. The lowest BCUT2D eigenvalue weighted by Gasteiger charge is -2.26. The summed E-state index contributed by atoms with van der Waals surface area (Å²) in [6, 6.07) is 14.0. The number of hydrogen-bond acceptors (Lipinski definition) is 6. The molecule has 3 aromatic rings. The van der Waals surface area contributed by atoms with Gasteiger partial charge in [0.05, 0.1) is 33.6 Å². The highest BCUT2D eigenvalue weighted by Gasteiger charge is 2.29. The minimum absolute atomic E-state index is 0.113. The van der Waals surface area contributed by atoms with Crippen LogP contribution in [0.3, 0.4) is 0 Å². The minimum atomic E-state index is -0.396. The van der Waals surface area contributed by atoms with E-state index in [1.54, 1.807) is 61.1 Å². The van der Waals surface area contributed by atoms with Crippen molar-refractivity contribution in [1.29, 1.82) is 0 Å². The van der Waals surface area contributed by atoms with Crippen LogP contribution in [-0.2, 0) is 11.3 Å². The van der Waals surface area contributed by atoms with Crippen molar-refractivity contribution >= 4 is 34.9 Å². The summed E-state index contributed by atoms with van der Waals surface area (Å²) in [6.45, 7) is 0.313. The van der Waals surface area contributed by atoms with E-state index in [1.165, 1.54) is 22.9 Å². The highest BCUT2D eigenvalue weighted by molar-refractivity contribution is 5.93. The Hall–Kier alpha value is -5.58. The normalized spacial score (nSPS) is 13.7. The highest BCUT2D eigenvalue weighted by Crippen LogP contribution is 2.36. The van der Waals surface area contributed by atoms with Gasteiger partial charge in [0, 0.05) is 48.7 Å². The minimum Gasteiger partial charge on any atom is -0.350 e. The van der Waals surface area contributed by atoms with E-state index in [0.717, 1.165) is 5.69 Å². The summed E-state index contributed by atoms with van der Waals surface area (Å²) in [5.74, 6) is -0.568. The summed E-state index contributed by atoms with van der Waals surface area (Å²) in [5, 5.41) is 8.50. The molecule has 0 bridgehead atoms. The van der Waals surface area contributed by atoms with Crippen molar-refractivity contribution in [1.82, 2.24) is 25.1 Å². The molecule has 42 heavy (non-hydrogen) atoms. The van der Waals surface area contributed by atoms with Gasteiger partial charge in [-0.15, -0.1) is 0 Å². The molecule has 1 aromatic heterocycles. The van der Waals surface area contributed by atoms with Crippen LogP contribution in [0.4, 0.5) is 26.0 Å². The van der Waals surface area contributed by atoms with Gasteiger partial charge < -0.3 is 20.1 Å². The van der Waals surface area contributed by atoms with E-state index >= 15 is 0 Å². The molecule has 0 spiro atoms. The fraction of sp³-hybridized carbons (Fsp3) is 0.0968. The Morgan fingerprint density at radius 2 is 1.88 bits per heavy atom. The van der Waals surface area contributed by atoms with Gasteiger partial charge in [0.15, 0.2) is 0 Å². The van der Waals surface area contributed by atoms with Crippen LogP contribution in [0.25, 0.3) is 34.2 Å². The molecule has 7 rings (SSSR count). The third kappa shape index (κ3) is 4.22. The molecular weight excluding hydrogens is 540 g/mol. The molecule has 0 radical (unpaired) electrons. The summed E-state index contributed by atoms with van der Waals surface area (Å²) in [6.07, 6.45) is 8.65. The molecule has 0 aliphatic carbocycles. The number of amides is 1. The molecule has 11 heteroatoms. The van der Waals surface area contributed by atoms with Crippen molar-refractivity contribution in [2.75, 3.05) is 23.4 Å². The van der Waals surface area contributed by atoms with E-state index in [4.69, 9.17) is 4.98 Å². The highest BCUT2D eigenvalue weighted by atomic mass is 19.1. The van der Waals surface area contributed by atoms with Gasteiger partial charge in [-0.1, -0.05) is 12.1 Å². The summed E-state index contributed by atoms with van der Waals surface area (Å²) in [5.41, 5.74) is 3.33. The average molecular weight is 564 g/mol. The van der Waals surface area contributed by atoms with Gasteiger partial charge in [-0.05, 0) is 54.6 Å². The molecule has 0 unspecified atom stereocenters. The van der Waals surface area contributed by atoms with Crippen molar-refractivity contribution in [2.45, 2.75) is 6.54 Å². The number of benzene rings is 2. The standard InChI is InChI=1S/C31H23F2N7O2/c1-38-13-10-23(35-26(41)17-39-14-11-24(37-39)20-4-2-3-5-22(20)33)21-16-34-30-27-25(36-31(42)28(27)29(21)38)12-15-40(30)19-8-6-18(32)7-9-19/h2-14,16H,15,17H2,1H3,(H,35,41)(H,36,42). The number of halogens is 2. The quantitative estimate of drug-likeness (QED) is 0.341. The largest absolute Gasteiger partial charge is 0.350 e. The zero-order valence-corrected chi connectivity index (χ0v) is 22.3.